The van der Waals surface area contributed by atoms with Gasteiger partial charge in [0.05, 0.1) is 0 Å². The molecule has 2 fully saturated rings. The van der Waals surface area contributed by atoms with Crippen molar-refractivity contribution in [1.82, 2.24) is 15.5 Å². The molecule has 0 spiro atoms. The van der Waals surface area contributed by atoms with Gasteiger partial charge in [-0.25, -0.2) is 4.79 Å². The highest BCUT2D eigenvalue weighted by Gasteiger charge is 2.37. The van der Waals surface area contributed by atoms with Crippen molar-refractivity contribution in [2.45, 2.75) is 45.1 Å². The summed E-state index contributed by atoms with van der Waals surface area (Å²) in [6.07, 6.45) is 4.98. The number of rotatable bonds is 5. The van der Waals surface area contributed by atoms with Gasteiger partial charge in [-0.3, -0.25) is 9.69 Å². The minimum Gasteiger partial charge on any atom is -0.326 e. The van der Waals surface area contributed by atoms with E-state index in [-0.39, 0.29) is 18.0 Å². The Bertz CT molecular complexity index is 313. The number of imide groups is 1. The molecule has 2 saturated heterocycles. The van der Waals surface area contributed by atoms with Crippen LogP contribution in [0.25, 0.3) is 0 Å². The molecule has 5 nitrogen and oxygen atoms in total. The van der Waals surface area contributed by atoms with E-state index in [0.717, 1.165) is 32.4 Å². The van der Waals surface area contributed by atoms with Crippen LogP contribution in [-0.2, 0) is 4.79 Å². The number of nitrogens with zero attached hydrogens (tertiary/aromatic N) is 1. The first-order chi connectivity index (χ1) is 8.72. The average Bonchev–Trinajstić information content (AvgIpc) is 2.64. The van der Waals surface area contributed by atoms with Gasteiger partial charge in [-0.2, -0.15) is 0 Å². The maximum atomic E-state index is 12.0. The molecule has 0 radical (unpaired) electrons. The predicted octanol–water partition coefficient (Wildman–Crippen LogP) is 1.10. The molecule has 2 unspecified atom stereocenters. The van der Waals surface area contributed by atoms with Gasteiger partial charge in [-0.15, -0.1) is 0 Å². The number of hydrogen-bond donors (Lipinski definition) is 2. The van der Waals surface area contributed by atoms with E-state index in [9.17, 15) is 9.59 Å². The Morgan fingerprint density at radius 3 is 2.83 bits per heavy atom. The molecule has 102 valence electrons. The summed E-state index contributed by atoms with van der Waals surface area (Å²) in [5.74, 6) is 0.565. The van der Waals surface area contributed by atoms with E-state index in [1.54, 1.807) is 0 Å². The van der Waals surface area contributed by atoms with E-state index in [1.165, 1.54) is 17.7 Å². The van der Waals surface area contributed by atoms with Crippen molar-refractivity contribution in [3.63, 3.8) is 0 Å². The molecule has 5 heteroatoms. The largest absolute Gasteiger partial charge is 0.326 e. The van der Waals surface area contributed by atoms with Gasteiger partial charge in [0.25, 0.3) is 5.91 Å². The summed E-state index contributed by atoms with van der Waals surface area (Å²) in [7, 11) is 0. The highest BCUT2D eigenvalue weighted by molar-refractivity contribution is 6.04. The van der Waals surface area contributed by atoms with Crippen LogP contribution < -0.4 is 10.6 Å². The fraction of sp³-hybridized carbons (Fsp3) is 0.846. The van der Waals surface area contributed by atoms with Crippen LogP contribution in [0.2, 0.25) is 0 Å². The first kappa shape index (κ1) is 13.3. The molecule has 18 heavy (non-hydrogen) atoms. The van der Waals surface area contributed by atoms with Crippen molar-refractivity contribution < 1.29 is 9.59 Å². The van der Waals surface area contributed by atoms with Crippen LogP contribution in [0.4, 0.5) is 4.79 Å². The molecule has 0 aromatic rings. The zero-order valence-electron chi connectivity index (χ0n) is 11.1. The monoisotopic (exact) mass is 253 g/mol. The van der Waals surface area contributed by atoms with Crippen LogP contribution in [-0.4, -0.2) is 42.5 Å². The lowest BCUT2D eigenvalue weighted by atomic mass is 9.96. The van der Waals surface area contributed by atoms with Crippen LogP contribution in [0.1, 0.15) is 39.0 Å². The van der Waals surface area contributed by atoms with Crippen molar-refractivity contribution in [2.75, 3.05) is 19.6 Å². The van der Waals surface area contributed by atoms with Gasteiger partial charge in [0.15, 0.2) is 0 Å². The van der Waals surface area contributed by atoms with Gasteiger partial charge in [0, 0.05) is 6.54 Å². The number of carbonyl (C=O) groups is 2. The number of urea groups is 1. The Morgan fingerprint density at radius 1 is 1.33 bits per heavy atom. The first-order valence-corrected chi connectivity index (χ1v) is 7.05. The summed E-state index contributed by atoms with van der Waals surface area (Å²) < 4.78 is 0. The van der Waals surface area contributed by atoms with E-state index < -0.39 is 0 Å². The van der Waals surface area contributed by atoms with Gasteiger partial charge in [0.1, 0.15) is 6.04 Å². The quantitative estimate of drug-likeness (QED) is 0.721. The summed E-state index contributed by atoms with van der Waals surface area (Å²) in [6.45, 7) is 4.70. The van der Waals surface area contributed by atoms with Crippen LogP contribution in [0.3, 0.4) is 0 Å². The zero-order valence-corrected chi connectivity index (χ0v) is 11.1. The van der Waals surface area contributed by atoms with E-state index in [2.05, 4.69) is 10.6 Å². The van der Waals surface area contributed by atoms with Crippen molar-refractivity contribution in [3.05, 3.63) is 0 Å². The Labute approximate surface area is 108 Å². The normalized spacial score (nSPS) is 28.6. The molecule has 0 aromatic heterocycles. The zero-order chi connectivity index (χ0) is 13.0. The predicted molar refractivity (Wildman–Crippen MR) is 69.2 cm³/mol. The van der Waals surface area contributed by atoms with E-state index >= 15 is 0 Å². The molecule has 2 aliphatic heterocycles. The van der Waals surface area contributed by atoms with E-state index in [4.69, 9.17) is 0 Å². The van der Waals surface area contributed by atoms with Gasteiger partial charge >= 0.3 is 6.03 Å². The maximum Gasteiger partial charge on any atom is 0.324 e. The second-order valence-electron chi connectivity index (χ2n) is 5.28. The number of nitrogens with one attached hydrogen (secondary N) is 2. The molecular formula is C13H23N3O2. The van der Waals surface area contributed by atoms with Crippen molar-refractivity contribution >= 4 is 11.9 Å². The van der Waals surface area contributed by atoms with Crippen LogP contribution >= 0.6 is 0 Å². The van der Waals surface area contributed by atoms with E-state index in [1.807, 2.05) is 6.92 Å². The molecule has 2 rings (SSSR count). The topological polar surface area (TPSA) is 61.4 Å². The molecule has 3 amide bonds. The Hall–Kier alpha value is -1.10. The average molecular weight is 253 g/mol. The van der Waals surface area contributed by atoms with Gasteiger partial charge in [-0.1, -0.05) is 13.3 Å². The lowest BCUT2D eigenvalue weighted by Crippen LogP contribution is -2.36. The van der Waals surface area contributed by atoms with Crippen LogP contribution in [0, 0.1) is 5.92 Å². The minimum absolute atomic E-state index is 0.0365. The van der Waals surface area contributed by atoms with Gasteiger partial charge in [-0.05, 0) is 44.7 Å². The first-order valence-electron chi connectivity index (χ1n) is 7.05. The SMILES string of the molecule is CCCC1NC(=O)N(CCC2CCCNC2)C1=O. The molecule has 2 N–H and O–H groups in total. The molecule has 0 bridgehead atoms. The summed E-state index contributed by atoms with van der Waals surface area (Å²) in [5.41, 5.74) is 0. The number of piperidine rings is 1. The molecule has 0 saturated carbocycles. The molecule has 2 aliphatic rings. The lowest BCUT2D eigenvalue weighted by Gasteiger charge is -2.24. The number of carbonyl (C=O) groups excluding carboxylic acids is 2. The maximum absolute atomic E-state index is 12.0. The smallest absolute Gasteiger partial charge is 0.324 e. The summed E-state index contributed by atoms with van der Waals surface area (Å²) in [5, 5.41) is 6.12. The third-order valence-electron chi connectivity index (χ3n) is 3.84. The number of hydrogen-bond acceptors (Lipinski definition) is 3. The highest BCUT2D eigenvalue weighted by atomic mass is 16.2. The van der Waals surface area contributed by atoms with Crippen molar-refractivity contribution in [1.29, 1.82) is 0 Å². The third-order valence-corrected chi connectivity index (χ3v) is 3.84. The Balaban J connectivity index is 1.81. The number of amides is 3. The van der Waals surface area contributed by atoms with Gasteiger partial charge in [0.2, 0.25) is 0 Å². The van der Waals surface area contributed by atoms with Crippen molar-refractivity contribution in [3.8, 4) is 0 Å². The standard InChI is InChI=1S/C13H23N3O2/c1-2-4-11-12(17)16(13(18)15-11)8-6-10-5-3-7-14-9-10/h10-11,14H,2-9H2,1H3,(H,15,18). The molecular weight excluding hydrogens is 230 g/mol. The molecule has 2 heterocycles. The molecule has 2 atom stereocenters. The second kappa shape index (κ2) is 6.18. The van der Waals surface area contributed by atoms with E-state index in [0.29, 0.717) is 12.5 Å². The summed E-state index contributed by atoms with van der Waals surface area (Å²) >= 11 is 0. The second-order valence-corrected chi connectivity index (χ2v) is 5.28. The minimum atomic E-state index is -0.285. The van der Waals surface area contributed by atoms with Crippen molar-refractivity contribution in [2.24, 2.45) is 5.92 Å². The fourth-order valence-corrected chi connectivity index (χ4v) is 2.76. The lowest BCUT2D eigenvalue weighted by molar-refractivity contribution is -0.127. The summed E-state index contributed by atoms with van der Waals surface area (Å²) in [6, 6.07) is -0.491. The summed E-state index contributed by atoms with van der Waals surface area (Å²) in [4.78, 5) is 25.1. The molecule has 0 aliphatic carbocycles. The molecule has 0 aromatic carbocycles. The van der Waals surface area contributed by atoms with Gasteiger partial charge < -0.3 is 10.6 Å². The van der Waals surface area contributed by atoms with Crippen LogP contribution in [0.15, 0.2) is 0 Å². The third kappa shape index (κ3) is 3.02. The van der Waals surface area contributed by atoms with Crippen LogP contribution in [0.5, 0.6) is 0 Å². The fourth-order valence-electron chi connectivity index (χ4n) is 2.76. The Morgan fingerprint density at radius 2 is 2.17 bits per heavy atom. The highest BCUT2D eigenvalue weighted by Crippen LogP contribution is 2.17. The Kier molecular flexibility index (Phi) is 4.58.